The van der Waals surface area contributed by atoms with Crippen LogP contribution in [0.15, 0.2) is 16.3 Å². The van der Waals surface area contributed by atoms with Gasteiger partial charge >= 0.3 is 0 Å². The summed E-state index contributed by atoms with van der Waals surface area (Å²) in [6.07, 6.45) is 0. The van der Waals surface area contributed by atoms with Crippen LogP contribution in [0.5, 0.6) is 0 Å². The molecule has 2 N–H and O–H groups in total. The van der Waals surface area contributed by atoms with Gasteiger partial charge in [0.05, 0.1) is 4.90 Å². The summed E-state index contributed by atoms with van der Waals surface area (Å²) in [7, 11) is -3.34. The van der Waals surface area contributed by atoms with Crippen molar-refractivity contribution in [2.75, 3.05) is 0 Å². The first-order valence-corrected chi connectivity index (χ1v) is 8.00. The third-order valence-electron chi connectivity index (χ3n) is 2.02. The Labute approximate surface area is 107 Å². The molecule has 0 fully saturated rings. The molecule has 0 bridgehead atoms. The van der Waals surface area contributed by atoms with Crippen LogP contribution in [0.1, 0.15) is 32.6 Å². The van der Waals surface area contributed by atoms with E-state index in [0.29, 0.717) is 17.5 Å². The van der Waals surface area contributed by atoms with Crippen LogP contribution < -0.4 is 10.0 Å². The van der Waals surface area contributed by atoms with Gasteiger partial charge in [-0.25, -0.2) is 13.1 Å². The van der Waals surface area contributed by atoms with Crippen LogP contribution in [0.4, 0.5) is 0 Å². The zero-order valence-electron chi connectivity index (χ0n) is 10.6. The minimum Gasteiger partial charge on any atom is -0.310 e. The molecular formula is C11H20N2O2S2. The minimum absolute atomic E-state index is 0.0860. The van der Waals surface area contributed by atoms with E-state index in [2.05, 4.69) is 23.9 Å². The molecule has 0 radical (unpaired) electrons. The van der Waals surface area contributed by atoms with E-state index in [1.54, 1.807) is 11.4 Å². The van der Waals surface area contributed by atoms with E-state index < -0.39 is 10.0 Å². The normalized spacial score (nSPS) is 12.6. The zero-order valence-corrected chi connectivity index (χ0v) is 12.3. The summed E-state index contributed by atoms with van der Waals surface area (Å²) >= 11 is 1.46. The molecule has 17 heavy (non-hydrogen) atoms. The first-order valence-electron chi connectivity index (χ1n) is 5.64. The van der Waals surface area contributed by atoms with E-state index >= 15 is 0 Å². The molecule has 4 nitrogen and oxygen atoms in total. The molecule has 0 spiro atoms. The van der Waals surface area contributed by atoms with Gasteiger partial charge in [0.1, 0.15) is 0 Å². The largest absolute Gasteiger partial charge is 0.310 e. The van der Waals surface area contributed by atoms with Crippen molar-refractivity contribution in [1.29, 1.82) is 0 Å². The van der Waals surface area contributed by atoms with Crippen molar-refractivity contribution in [3.05, 3.63) is 16.3 Å². The molecule has 1 aromatic rings. The highest BCUT2D eigenvalue weighted by Gasteiger charge is 2.17. The van der Waals surface area contributed by atoms with Crippen molar-refractivity contribution in [3.8, 4) is 0 Å². The second-order valence-corrected chi connectivity index (χ2v) is 7.27. The second-order valence-electron chi connectivity index (χ2n) is 4.56. The van der Waals surface area contributed by atoms with E-state index in [9.17, 15) is 8.42 Å². The maximum Gasteiger partial charge on any atom is 0.241 e. The van der Waals surface area contributed by atoms with Crippen molar-refractivity contribution in [1.82, 2.24) is 10.0 Å². The summed E-state index contributed by atoms with van der Waals surface area (Å²) in [5, 5.41) is 4.95. The lowest BCUT2D eigenvalue weighted by atomic mass is 10.4. The van der Waals surface area contributed by atoms with E-state index in [4.69, 9.17) is 0 Å². The fraction of sp³-hybridized carbons (Fsp3) is 0.636. The zero-order chi connectivity index (χ0) is 13.1. The van der Waals surface area contributed by atoms with E-state index in [0.717, 1.165) is 4.88 Å². The van der Waals surface area contributed by atoms with Crippen LogP contribution in [0.25, 0.3) is 0 Å². The smallest absolute Gasteiger partial charge is 0.241 e. The highest BCUT2D eigenvalue weighted by atomic mass is 32.2. The Balaban J connectivity index is 2.74. The molecule has 0 saturated heterocycles. The Morgan fingerprint density at radius 1 is 1.24 bits per heavy atom. The third kappa shape index (κ3) is 4.75. The number of rotatable bonds is 6. The van der Waals surface area contributed by atoms with Crippen LogP contribution >= 0.6 is 11.3 Å². The van der Waals surface area contributed by atoms with Crippen molar-refractivity contribution in [2.24, 2.45) is 0 Å². The lowest BCUT2D eigenvalue weighted by Crippen LogP contribution is -2.29. The number of thiophene rings is 1. The van der Waals surface area contributed by atoms with Gasteiger partial charge < -0.3 is 5.32 Å². The summed E-state index contributed by atoms with van der Waals surface area (Å²) in [5.74, 6) is 0. The molecule has 6 heteroatoms. The van der Waals surface area contributed by atoms with Gasteiger partial charge in [-0.15, -0.1) is 11.3 Å². The Bertz CT molecular complexity index is 450. The standard InChI is InChI=1S/C11H20N2O2S2/c1-8(2)12-6-10-5-11(7-16-10)17(14,15)13-9(3)4/h5,7-9,12-13H,6H2,1-4H3. The summed E-state index contributed by atoms with van der Waals surface area (Å²) in [6, 6.07) is 2.04. The lowest BCUT2D eigenvalue weighted by Gasteiger charge is -2.07. The van der Waals surface area contributed by atoms with Gasteiger partial charge in [-0.05, 0) is 19.9 Å². The highest BCUT2D eigenvalue weighted by molar-refractivity contribution is 7.89. The summed E-state index contributed by atoms with van der Waals surface area (Å²) in [5.41, 5.74) is 0. The molecule has 0 unspecified atom stereocenters. The lowest BCUT2D eigenvalue weighted by molar-refractivity contribution is 0.570. The Kier molecular flexibility index (Phi) is 5.12. The van der Waals surface area contributed by atoms with Crippen molar-refractivity contribution in [2.45, 2.75) is 51.2 Å². The van der Waals surface area contributed by atoms with Gasteiger partial charge in [0.15, 0.2) is 0 Å². The number of nitrogens with one attached hydrogen (secondary N) is 2. The molecule has 0 atom stereocenters. The Hall–Kier alpha value is -0.430. The number of sulfonamides is 1. The summed E-state index contributed by atoms with van der Waals surface area (Å²) < 4.78 is 26.3. The monoisotopic (exact) mass is 276 g/mol. The average Bonchev–Trinajstić information content (AvgIpc) is 2.61. The van der Waals surface area contributed by atoms with Crippen LogP contribution in [-0.2, 0) is 16.6 Å². The predicted molar refractivity (Wildman–Crippen MR) is 71.8 cm³/mol. The predicted octanol–water partition coefficient (Wildman–Crippen LogP) is 1.93. The molecule has 0 aliphatic carbocycles. The first-order chi connectivity index (χ1) is 7.81. The first kappa shape index (κ1) is 14.6. The Morgan fingerprint density at radius 3 is 2.41 bits per heavy atom. The highest BCUT2D eigenvalue weighted by Crippen LogP contribution is 2.19. The second kappa shape index (κ2) is 5.95. The fourth-order valence-electron chi connectivity index (χ4n) is 1.28. The molecule has 1 rings (SSSR count). The SMILES string of the molecule is CC(C)NCc1cc(S(=O)(=O)NC(C)C)cs1. The molecular weight excluding hydrogens is 256 g/mol. The van der Waals surface area contributed by atoms with Gasteiger partial charge in [0.25, 0.3) is 0 Å². The molecule has 1 aromatic heterocycles. The molecule has 0 aliphatic rings. The van der Waals surface area contributed by atoms with Gasteiger partial charge in [-0.3, -0.25) is 0 Å². The third-order valence-corrected chi connectivity index (χ3v) is 4.74. The minimum atomic E-state index is -3.34. The number of hydrogen-bond donors (Lipinski definition) is 2. The molecule has 0 aromatic carbocycles. The van der Waals surface area contributed by atoms with Gasteiger partial charge in [-0.2, -0.15) is 0 Å². The molecule has 98 valence electrons. The summed E-state index contributed by atoms with van der Waals surface area (Å²) in [6.45, 7) is 8.45. The van der Waals surface area contributed by atoms with Crippen LogP contribution in [-0.4, -0.2) is 20.5 Å². The van der Waals surface area contributed by atoms with Crippen molar-refractivity contribution in [3.63, 3.8) is 0 Å². The maximum atomic E-state index is 11.9. The average molecular weight is 276 g/mol. The van der Waals surface area contributed by atoms with E-state index in [1.807, 2.05) is 13.8 Å². The van der Waals surface area contributed by atoms with Crippen LogP contribution in [0.2, 0.25) is 0 Å². The molecule has 0 aliphatic heterocycles. The van der Waals surface area contributed by atoms with E-state index in [-0.39, 0.29) is 6.04 Å². The van der Waals surface area contributed by atoms with Crippen LogP contribution in [0.3, 0.4) is 0 Å². The Morgan fingerprint density at radius 2 is 1.88 bits per heavy atom. The number of hydrogen-bond acceptors (Lipinski definition) is 4. The fourth-order valence-corrected chi connectivity index (χ4v) is 3.75. The molecule has 0 amide bonds. The quantitative estimate of drug-likeness (QED) is 0.835. The van der Waals surface area contributed by atoms with Gasteiger partial charge in [0, 0.05) is 28.9 Å². The van der Waals surface area contributed by atoms with E-state index in [1.165, 1.54) is 11.3 Å². The van der Waals surface area contributed by atoms with Gasteiger partial charge in [0.2, 0.25) is 10.0 Å². The van der Waals surface area contributed by atoms with Crippen molar-refractivity contribution >= 4 is 21.4 Å². The summed E-state index contributed by atoms with van der Waals surface area (Å²) in [4.78, 5) is 1.39. The van der Waals surface area contributed by atoms with Crippen molar-refractivity contribution < 1.29 is 8.42 Å². The molecule has 1 heterocycles. The maximum absolute atomic E-state index is 11.9. The van der Waals surface area contributed by atoms with Crippen LogP contribution in [0, 0.1) is 0 Å². The topological polar surface area (TPSA) is 58.2 Å². The molecule has 0 saturated carbocycles. The van der Waals surface area contributed by atoms with Gasteiger partial charge in [-0.1, -0.05) is 13.8 Å².